The molecule has 0 aliphatic rings. The van der Waals surface area contributed by atoms with Gasteiger partial charge >= 0.3 is 0 Å². The van der Waals surface area contributed by atoms with Crippen molar-refractivity contribution < 1.29 is 0 Å². The number of hydrogen-bond donors (Lipinski definition) is 1. The number of nitrogen functional groups attached to an aromatic ring is 1. The van der Waals surface area contributed by atoms with E-state index in [1.165, 1.54) is 5.56 Å². The molecule has 0 fully saturated rings. The smallest absolute Gasteiger partial charge is 0.131 e. The SMILES string of the molecule is Cc1cnc(N)c(-c2ccc(C(C)(C)C)cc2)c1. The van der Waals surface area contributed by atoms with Gasteiger partial charge in [-0.3, -0.25) is 0 Å². The minimum absolute atomic E-state index is 0.176. The van der Waals surface area contributed by atoms with Gasteiger partial charge < -0.3 is 5.73 Å². The van der Waals surface area contributed by atoms with Crippen molar-refractivity contribution >= 4 is 5.82 Å². The summed E-state index contributed by atoms with van der Waals surface area (Å²) in [4.78, 5) is 4.20. The molecule has 2 rings (SSSR count). The highest BCUT2D eigenvalue weighted by Gasteiger charge is 2.13. The Kier molecular flexibility index (Phi) is 3.12. The molecule has 2 aromatic rings. The Hall–Kier alpha value is -1.83. The molecule has 0 spiro atoms. The number of aromatic nitrogens is 1. The van der Waals surface area contributed by atoms with Crippen molar-refractivity contribution in [1.82, 2.24) is 4.98 Å². The minimum atomic E-state index is 0.176. The summed E-state index contributed by atoms with van der Waals surface area (Å²) in [6, 6.07) is 10.6. The van der Waals surface area contributed by atoms with E-state index in [1.807, 2.05) is 6.92 Å². The van der Waals surface area contributed by atoms with Crippen LogP contribution in [-0.4, -0.2) is 4.98 Å². The van der Waals surface area contributed by atoms with Crippen molar-refractivity contribution in [2.45, 2.75) is 33.1 Å². The third-order valence-electron chi connectivity index (χ3n) is 3.12. The van der Waals surface area contributed by atoms with Gasteiger partial charge in [0, 0.05) is 11.8 Å². The van der Waals surface area contributed by atoms with E-state index in [2.05, 4.69) is 56.1 Å². The molecule has 94 valence electrons. The number of aryl methyl sites for hydroxylation is 1. The lowest BCUT2D eigenvalue weighted by Crippen LogP contribution is -2.10. The van der Waals surface area contributed by atoms with Crippen molar-refractivity contribution in [2.75, 3.05) is 5.73 Å². The molecule has 0 radical (unpaired) electrons. The molecule has 18 heavy (non-hydrogen) atoms. The van der Waals surface area contributed by atoms with Crippen molar-refractivity contribution in [2.24, 2.45) is 0 Å². The number of nitrogens with zero attached hydrogens (tertiary/aromatic N) is 1. The summed E-state index contributed by atoms with van der Waals surface area (Å²) in [6.07, 6.45) is 1.79. The van der Waals surface area contributed by atoms with Crippen LogP contribution in [0.5, 0.6) is 0 Å². The second-order valence-electron chi connectivity index (χ2n) is 5.77. The predicted molar refractivity (Wildman–Crippen MR) is 77.5 cm³/mol. The van der Waals surface area contributed by atoms with Crippen LogP contribution in [0, 0.1) is 6.92 Å². The van der Waals surface area contributed by atoms with Gasteiger partial charge in [0.25, 0.3) is 0 Å². The van der Waals surface area contributed by atoms with Crippen LogP contribution >= 0.6 is 0 Å². The zero-order valence-electron chi connectivity index (χ0n) is 11.5. The first-order valence-corrected chi connectivity index (χ1v) is 6.21. The topological polar surface area (TPSA) is 38.9 Å². The third-order valence-corrected chi connectivity index (χ3v) is 3.12. The van der Waals surface area contributed by atoms with Gasteiger partial charge in [0.05, 0.1) is 0 Å². The molecule has 2 N–H and O–H groups in total. The molecule has 2 nitrogen and oxygen atoms in total. The van der Waals surface area contributed by atoms with Crippen LogP contribution in [0.4, 0.5) is 5.82 Å². The van der Waals surface area contributed by atoms with E-state index >= 15 is 0 Å². The largest absolute Gasteiger partial charge is 0.383 e. The van der Waals surface area contributed by atoms with Crippen LogP contribution in [0.15, 0.2) is 36.5 Å². The van der Waals surface area contributed by atoms with Gasteiger partial charge in [-0.15, -0.1) is 0 Å². The summed E-state index contributed by atoms with van der Waals surface area (Å²) < 4.78 is 0. The van der Waals surface area contributed by atoms with Crippen molar-refractivity contribution in [3.63, 3.8) is 0 Å². The monoisotopic (exact) mass is 240 g/mol. The average Bonchev–Trinajstić information content (AvgIpc) is 2.31. The number of pyridine rings is 1. The molecule has 0 saturated carbocycles. The van der Waals surface area contributed by atoms with Crippen LogP contribution in [0.3, 0.4) is 0 Å². The van der Waals surface area contributed by atoms with Crippen LogP contribution in [0.1, 0.15) is 31.9 Å². The molecule has 2 heteroatoms. The van der Waals surface area contributed by atoms with E-state index in [9.17, 15) is 0 Å². The average molecular weight is 240 g/mol. The number of benzene rings is 1. The maximum absolute atomic E-state index is 5.93. The van der Waals surface area contributed by atoms with Gasteiger partial charge in [0.2, 0.25) is 0 Å². The van der Waals surface area contributed by atoms with E-state index in [0.29, 0.717) is 5.82 Å². The molecule has 1 aromatic heterocycles. The Morgan fingerprint density at radius 3 is 2.22 bits per heavy atom. The van der Waals surface area contributed by atoms with E-state index < -0.39 is 0 Å². The summed E-state index contributed by atoms with van der Waals surface area (Å²) in [6.45, 7) is 8.67. The van der Waals surface area contributed by atoms with Crippen LogP contribution in [-0.2, 0) is 5.41 Å². The fourth-order valence-electron chi connectivity index (χ4n) is 1.96. The number of nitrogens with two attached hydrogens (primary N) is 1. The summed E-state index contributed by atoms with van der Waals surface area (Å²) in [5, 5.41) is 0. The van der Waals surface area contributed by atoms with Gasteiger partial charge in [0.1, 0.15) is 5.82 Å². The van der Waals surface area contributed by atoms with E-state index in [1.54, 1.807) is 6.20 Å². The molecular formula is C16H20N2. The lowest BCUT2D eigenvalue weighted by atomic mass is 9.86. The zero-order chi connectivity index (χ0) is 13.3. The molecule has 0 amide bonds. The third kappa shape index (κ3) is 2.53. The standard InChI is InChI=1S/C16H20N2/c1-11-9-14(15(17)18-10-11)12-5-7-13(8-6-12)16(2,3)4/h5-10H,1-4H3,(H2,17,18). The highest BCUT2D eigenvalue weighted by atomic mass is 14.8. The molecule has 0 aliphatic carbocycles. The maximum Gasteiger partial charge on any atom is 0.131 e. The first-order valence-electron chi connectivity index (χ1n) is 6.21. The molecule has 0 aliphatic heterocycles. The first kappa shape index (κ1) is 12.6. The lowest BCUT2D eigenvalue weighted by molar-refractivity contribution is 0.590. The van der Waals surface area contributed by atoms with Gasteiger partial charge in [-0.2, -0.15) is 0 Å². The molecule has 1 aromatic carbocycles. The highest BCUT2D eigenvalue weighted by molar-refractivity contribution is 5.74. The number of hydrogen-bond acceptors (Lipinski definition) is 2. The van der Waals surface area contributed by atoms with Crippen molar-refractivity contribution in [1.29, 1.82) is 0 Å². The molecule has 0 unspecified atom stereocenters. The number of anilines is 1. The summed E-state index contributed by atoms with van der Waals surface area (Å²) in [7, 11) is 0. The van der Waals surface area contributed by atoms with Gasteiger partial charge in [-0.1, -0.05) is 45.0 Å². The van der Waals surface area contributed by atoms with Crippen molar-refractivity contribution in [3.05, 3.63) is 47.7 Å². The molecular weight excluding hydrogens is 220 g/mol. The second-order valence-corrected chi connectivity index (χ2v) is 5.77. The zero-order valence-corrected chi connectivity index (χ0v) is 11.5. The fraction of sp³-hybridized carbons (Fsp3) is 0.312. The van der Waals surface area contributed by atoms with Gasteiger partial charge in [0.15, 0.2) is 0 Å². The molecule has 0 saturated heterocycles. The van der Waals surface area contributed by atoms with E-state index in [0.717, 1.165) is 16.7 Å². The van der Waals surface area contributed by atoms with E-state index in [4.69, 9.17) is 5.73 Å². The van der Waals surface area contributed by atoms with Crippen LogP contribution in [0.2, 0.25) is 0 Å². The first-order chi connectivity index (χ1) is 8.38. The quantitative estimate of drug-likeness (QED) is 0.820. The van der Waals surface area contributed by atoms with Gasteiger partial charge in [-0.25, -0.2) is 4.98 Å². The van der Waals surface area contributed by atoms with Crippen LogP contribution < -0.4 is 5.73 Å². The number of rotatable bonds is 1. The summed E-state index contributed by atoms with van der Waals surface area (Å²) >= 11 is 0. The molecule has 0 atom stereocenters. The second kappa shape index (κ2) is 4.45. The van der Waals surface area contributed by atoms with Gasteiger partial charge in [-0.05, 0) is 35.1 Å². The Bertz CT molecular complexity index is 548. The van der Waals surface area contributed by atoms with E-state index in [-0.39, 0.29) is 5.41 Å². The fourth-order valence-corrected chi connectivity index (χ4v) is 1.96. The summed E-state index contributed by atoms with van der Waals surface area (Å²) in [5.74, 6) is 0.587. The Labute approximate surface area is 109 Å². The molecule has 1 heterocycles. The Morgan fingerprint density at radius 2 is 1.67 bits per heavy atom. The minimum Gasteiger partial charge on any atom is -0.383 e. The summed E-state index contributed by atoms with van der Waals surface area (Å²) in [5.41, 5.74) is 10.7. The normalized spacial score (nSPS) is 11.6. The Morgan fingerprint density at radius 1 is 1.06 bits per heavy atom. The maximum atomic E-state index is 5.93. The molecule has 0 bridgehead atoms. The Balaban J connectivity index is 2.43. The highest BCUT2D eigenvalue weighted by Crippen LogP contribution is 2.28. The lowest BCUT2D eigenvalue weighted by Gasteiger charge is -2.19. The van der Waals surface area contributed by atoms with Crippen LogP contribution in [0.25, 0.3) is 11.1 Å². The van der Waals surface area contributed by atoms with Crippen molar-refractivity contribution in [3.8, 4) is 11.1 Å². The predicted octanol–water partition coefficient (Wildman–Crippen LogP) is 3.94.